The van der Waals surface area contributed by atoms with Crippen molar-refractivity contribution in [2.45, 2.75) is 18.9 Å². The summed E-state index contributed by atoms with van der Waals surface area (Å²) in [6.07, 6.45) is 4.13. The van der Waals surface area contributed by atoms with Gasteiger partial charge in [0.25, 0.3) is 0 Å². The average molecular weight is 514 g/mol. The van der Waals surface area contributed by atoms with E-state index in [0.717, 1.165) is 33.6 Å². The van der Waals surface area contributed by atoms with E-state index in [1.165, 1.54) is 0 Å². The standard InChI is InChI=1S/C34H31N3O2/c1-25-24-35(33(38)32(28-14-4-2-5-15-28)29-16-6-3-7-17-29)22-23-36(25)34(39)37-30-18-10-8-12-26(30)20-21-27-13-9-11-19-31(27)37/h2-21,25,32H,22-24H2,1H3/t25-/m1/s1. The summed E-state index contributed by atoms with van der Waals surface area (Å²) in [5.74, 6) is -0.307. The zero-order valence-corrected chi connectivity index (χ0v) is 22.0. The molecular weight excluding hydrogens is 482 g/mol. The molecule has 5 nitrogen and oxygen atoms in total. The normalized spacial score (nSPS) is 16.5. The summed E-state index contributed by atoms with van der Waals surface area (Å²) in [6, 6.07) is 35.7. The second kappa shape index (κ2) is 10.6. The quantitative estimate of drug-likeness (QED) is 0.303. The summed E-state index contributed by atoms with van der Waals surface area (Å²) < 4.78 is 0. The van der Waals surface area contributed by atoms with Gasteiger partial charge in [-0.2, -0.15) is 0 Å². The Morgan fingerprint density at radius 2 is 1.15 bits per heavy atom. The molecule has 194 valence electrons. The third kappa shape index (κ3) is 4.72. The molecule has 0 saturated carbocycles. The van der Waals surface area contributed by atoms with Gasteiger partial charge in [0.15, 0.2) is 0 Å². The molecule has 1 fully saturated rings. The fraction of sp³-hybridized carbons (Fsp3) is 0.176. The Morgan fingerprint density at radius 1 is 0.667 bits per heavy atom. The van der Waals surface area contributed by atoms with Gasteiger partial charge in [-0.1, -0.05) is 109 Å². The molecule has 0 unspecified atom stereocenters. The zero-order chi connectivity index (χ0) is 26.8. The molecule has 0 spiro atoms. The van der Waals surface area contributed by atoms with Crippen LogP contribution < -0.4 is 4.90 Å². The number of carbonyl (C=O) groups excluding carboxylic acids is 2. The number of carbonyl (C=O) groups is 2. The van der Waals surface area contributed by atoms with Gasteiger partial charge in [-0.25, -0.2) is 4.79 Å². The monoisotopic (exact) mass is 513 g/mol. The summed E-state index contributed by atoms with van der Waals surface area (Å²) in [5.41, 5.74) is 5.68. The van der Waals surface area contributed by atoms with Gasteiger partial charge < -0.3 is 9.80 Å². The number of piperazine rings is 1. The van der Waals surface area contributed by atoms with Crippen LogP contribution in [0.4, 0.5) is 16.2 Å². The largest absolute Gasteiger partial charge is 0.338 e. The van der Waals surface area contributed by atoms with Crippen molar-refractivity contribution < 1.29 is 9.59 Å². The average Bonchev–Trinajstić information content (AvgIpc) is 3.15. The van der Waals surface area contributed by atoms with E-state index in [9.17, 15) is 9.59 Å². The van der Waals surface area contributed by atoms with Crippen LogP contribution in [0.3, 0.4) is 0 Å². The summed E-state index contributed by atoms with van der Waals surface area (Å²) in [7, 11) is 0. The van der Waals surface area contributed by atoms with E-state index in [4.69, 9.17) is 0 Å². The van der Waals surface area contributed by atoms with Gasteiger partial charge in [-0.05, 0) is 41.3 Å². The topological polar surface area (TPSA) is 43.9 Å². The van der Waals surface area contributed by atoms with E-state index in [1.807, 2.05) is 131 Å². The maximum Gasteiger partial charge on any atom is 0.329 e. The molecule has 0 aromatic heterocycles. The minimum atomic E-state index is -0.378. The predicted molar refractivity (Wildman–Crippen MR) is 157 cm³/mol. The maximum absolute atomic E-state index is 14.2. The van der Waals surface area contributed by atoms with Gasteiger partial charge in [0.2, 0.25) is 5.91 Å². The molecule has 0 N–H and O–H groups in total. The molecule has 4 aromatic carbocycles. The van der Waals surface area contributed by atoms with Gasteiger partial charge in [0, 0.05) is 25.7 Å². The van der Waals surface area contributed by atoms with Crippen molar-refractivity contribution in [3.8, 4) is 0 Å². The molecule has 0 bridgehead atoms. The molecule has 2 heterocycles. The predicted octanol–water partition coefficient (Wildman–Crippen LogP) is 6.79. The number of hydrogen-bond acceptors (Lipinski definition) is 2. The van der Waals surface area contributed by atoms with Gasteiger partial charge in [-0.15, -0.1) is 0 Å². The molecule has 0 aliphatic carbocycles. The fourth-order valence-corrected chi connectivity index (χ4v) is 5.70. The van der Waals surface area contributed by atoms with Gasteiger partial charge >= 0.3 is 6.03 Å². The van der Waals surface area contributed by atoms with Crippen molar-refractivity contribution in [3.05, 3.63) is 131 Å². The molecular formula is C34H31N3O2. The van der Waals surface area contributed by atoms with Crippen LogP contribution in [0.25, 0.3) is 12.2 Å². The first-order valence-electron chi connectivity index (χ1n) is 13.5. The summed E-state index contributed by atoms with van der Waals surface area (Å²) >= 11 is 0. The van der Waals surface area contributed by atoms with Crippen LogP contribution in [-0.2, 0) is 4.79 Å². The molecule has 4 aromatic rings. The minimum Gasteiger partial charge on any atom is -0.338 e. The van der Waals surface area contributed by atoms with Gasteiger partial charge in [0.05, 0.1) is 17.3 Å². The number of amides is 3. The molecule has 39 heavy (non-hydrogen) atoms. The van der Waals surface area contributed by atoms with Crippen molar-refractivity contribution in [2.75, 3.05) is 24.5 Å². The Balaban J connectivity index is 1.27. The maximum atomic E-state index is 14.2. The van der Waals surface area contributed by atoms with E-state index in [0.29, 0.717) is 19.6 Å². The van der Waals surface area contributed by atoms with E-state index < -0.39 is 0 Å². The minimum absolute atomic E-state index is 0.0686. The van der Waals surface area contributed by atoms with E-state index in [1.54, 1.807) is 0 Å². The van der Waals surface area contributed by atoms with Crippen LogP contribution in [0.15, 0.2) is 109 Å². The van der Waals surface area contributed by atoms with E-state index >= 15 is 0 Å². The number of fused-ring (bicyclic) bond motifs is 2. The lowest BCUT2D eigenvalue weighted by atomic mass is 9.89. The van der Waals surface area contributed by atoms with Crippen LogP contribution in [-0.4, -0.2) is 47.4 Å². The highest BCUT2D eigenvalue weighted by Crippen LogP contribution is 2.37. The fourth-order valence-electron chi connectivity index (χ4n) is 5.70. The number of urea groups is 1. The number of benzene rings is 4. The summed E-state index contributed by atoms with van der Waals surface area (Å²) in [5, 5.41) is 0. The smallest absolute Gasteiger partial charge is 0.329 e. The second-order valence-corrected chi connectivity index (χ2v) is 10.1. The Bertz CT molecular complexity index is 1430. The molecule has 1 saturated heterocycles. The van der Waals surface area contributed by atoms with Crippen molar-refractivity contribution >= 4 is 35.5 Å². The van der Waals surface area contributed by atoms with Crippen LogP contribution >= 0.6 is 0 Å². The first-order chi connectivity index (χ1) is 19.1. The van der Waals surface area contributed by atoms with Gasteiger partial charge in [-0.3, -0.25) is 9.69 Å². The molecule has 6 rings (SSSR count). The molecule has 5 heteroatoms. The van der Waals surface area contributed by atoms with Crippen molar-refractivity contribution in [1.82, 2.24) is 9.80 Å². The lowest BCUT2D eigenvalue weighted by Gasteiger charge is -2.43. The molecule has 2 aliphatic heterocycles. The highest BCUT2D eigenvalue weighted by atomic mass is 16.2. The molecule has 3 amide bonds. The lowest BCUT2D eigenvalue weighted by molar-refractivity contribution is -0.134. The van der Waals surface area contributed by atoms with E-state index in [-0.39, 0.29) is 23.9 Å². The molecule has 1 atom stereocenters. The van der Waals surface area contributed by atoms with Crippen LogP contribution in [0, 0.1) is 0 Å². The van der Waals surface area contributed by atoms with Crippen LogP contribution in [0.2, 0.25) is 0 Å². The third-order valence-electron chi connectivity index (χ3n) is 7.69. The summed E-state index contributed by atoms with van der Waals surface area (Å²) in [4.78, 5) is 33.9. The Labute approximate surface area is 229 Å². The van der Waals surface area contributed by atoms with Crippen molar-refractivity contribution in [1.29, 1.82) is 0 Å². The highest BCUT2D eigenvalue weighted by molar-refractivity contribution is 6.05. The molecule has 2 aliphatic rings. The number of hydrogen-bond donors (Lipinski definition) is 0. The first-order valence-corrected chi connectivity index (χ1v) is 13.5. The number of rotatable bonds is 3. The van der Waals surface area contributed by atoms with Gasteiger partial charge in [0.1, 0.15) is 0 Å². The summed E-state index contributed by atoms with van der Waals surface area (Å²) in [6.45, 7) is 3.47. The van der Waals surface area contributed by atoms with E-state index in [2.05, 4.69) is 12.2 Å². The molecule has 0 radical (unpaired) electrons. The van der Waals surface area contributed by atoms with Crippen molar-refractivity contribution in [3.63, 3.8) is 0 Å². The number of para-hydroxylation sites is 2. The lowest BCUT2D eigenvalue weighted by Crippen LogP contribution is -2.58. The zero-order valence-electron chi connectivity index (χ0n) is 22.0. The van der Waals surface area contributed by atoms with Crippen LogP contribution in [0.5, 0.6) is 0 Å². The number of nitrogens with zero attached hydrogens (tertiary/aromatic N) is 3. The van der Waals surface area contributed by atoms with Crippen molar-refractivity contribution in [2.24, 2.45) is 0 Å². The first kappa shape index (κ1) is 24.7. The Hall–Kier alpha value is -4.64. The Morgan fingerprint density at radius 3 is 1.67 bits per heavy atom. The second-order valence-electron chi connectivity index (χ2n) is 10.1. The Kier molecular flexibility index (Phi) is 6.72. The SMILES string of the molecule is C[C@@H]1CN(C(=O)C(c2ccccc2)c2ccccc2)CCN1C(=O)N1c2ccccc2C=Cc2ccccc21. The third-order valence-corrected chi connectivity index (χ3v) is 7.69. The van der Waals surface area contributed by atoms with Crippen LogP contribution in [0.1, 0.15) is 35.1 Å². The highest BCUT2D eigenvalue weighted by Gasteiger charge is 2.37. The number of anilines is 2.